The summed E-state index contributed by atoms with van der Waals surface area (Å²) in [7, 11) is 0. The van der Waals surface area contributed by atoms with Crippen LogP contribution in [-0.2, 0) is 4.79 Å². The van der Waals surface area contributed by atoms with E-state index in [0.717, 1.165) is 36.5 Å². The van der Waals surface area contributed by atoms with Crippen LogP contribution < -0.4 is 0 Å². The van der Waals surface area contributed by atoms with E-state index in [2.05, 4.69) is 28.7 Å². The lowest BCUT2D eigenvalue weighted by molar-refractivity contribution is -0.124. The Morgan fingerprint density at radius 1 is 1.50 bits per heavy atom. The molecular weight excluding hydrogens is 263 g/mol. The number of alkyl halides is 1. The molecule has 2 heteroatoms. The first kappa shape index (κ1) is 8.73. The van der Waals surface area contributed by atoms with Crippen LogP contribution in [0.4, 0.5) is 0 Å². The summed E-state index contributed by atoms with van der Waals surface area (Å²) in [4.78, 5) is 11.7. The number of carbonyl (C=O) groups excluding carboxylic acids is 1. The Bertz CT molecular complexity index is 244. The van der Waals surface area contributed by atoms with Crippen LogP contribution in [0.1, 0.15) is 32.1 Å². The molecule has 2 aliphatic rings. The van der Waals surface area contributed by atoms with Gasteiger partial charge in [-0.1, -0.05) is 34.2 Å². The summed E-state index contributed by atoms with van der Waals surface area (Å²) in [6, 6.07) is 0. The Kier molecular flexibility index (Phi) is 2.27. The molecule has 0 aromatic carbocycles. The van der Waals surface area contributed by atoms with Crippen molar-refractivity contribution in [2.45, 2.75) is 32.1 Å². The van der Waals surface area contributed by atoms with E-state index >= 15 is 0 Å². The van der Waals surface area contributed by atoms with E-state index in [4.69, 9.17) is 0 Å². The highest BCUT2D eigenvalue weighted by molar-refractivity contribution is 14.1. The zero-order valence-electron chi connectivity index (χ0n) is 7.11. The number of halogens is 1. The average Bonchev–Trinajstić information content (AvgIpc) is 2.62. The van der Waals surface area contributed by atoms with Gasteiger partial charge in [0.15, 0.2) is 0 Å². The van der Waals surface area contributed by atoms with Crippen molar-refractivity contribution in [2.24, 2.45) is 5.41 Å². The molecular formula is C10H13IO. The number of rotatable bonds is 1. The van der Waals surface area contributed by atoms with Gasteiger partial charge in [-0.25, -0.2) is 0 Å². The quantitative estimate of drug-likeness (QED) is 0.409. The van der Waals surface area contributed by atoms with Crippen molar-refractivity contribution in [1.82, 2.24) is 0 Å². The molecule has 0 N–H and O–H groups in total. The molecule has 1 spiro atoms. The van der Waals surface area contributed by atoms with Gasteiger partial charge in [-0.3, -0.25) is 4.79 Å². The maximum Gasteiger partial charge on any atom is 0.143 e. The number of Topliss-reactive ketones (excluding diaryl/α,β-unsaturated/α-hetero) is 1. The molecule has 0 aromatic rings. The van der Waals surface area contributed by atoms with Crippen LogP contribution in [0.2, 0.25) is 0 Å². The van der Waals surface area contributed by atoms with Gasteiger partial charge in [-0.15, -0.1) is 0 Å². The van der Waals surface area contributed by atoms with Gasteiger partial charge in [0.1, 0.15) is 5.78 Å². The van der Waals surface area contributed by atoms with Gasteiger partial charge in [0.05, 0.1) is 5.41 Å². The summed E-state index contributed by atoms with van der Waals surface area (Å²) in [6.07, 6.45) is 7.59. The Morgan fingerprint density at radius 3 is 2.92 bits per heavy atom. The fourth-order valence-corrected chi connectivity index (χ4v) is 3.61. The van der Waals surface area contributed by atoms with Crippen LogP contribution in [0.15, 0.2) is 11.6 Å². The van der Waals surface area contributed by atoms with Crippen LogP contribution in [0.3, 0.4) is 0 Å². The van der Waals surface area contributed by atoms with Crippen LogP contribution in [-0.4, -0.2) is 10.2 Å². The molecule has 1 fully saturated rings. The largest absolute Gasteiger partial charge is 0.299 e. The van der Waals surface area contributed by atoms with Gasteiger partial charge in [0.25, 0.3) is 0 Å². The first-order valence-corrected chi connectivity index (χ1v) is 6.11. The monoisotopic (exact) mass is 276 g/mol. The Balaban J connectivity index is 2.31. The number of allylic oxidation sites excluding steroid dienone is 2. The second kappa shape index (κ2) is 3.13. The fraction of sp³-hybridized carbons (Fsp3) is 0.700. The van der Waals surface area contributed by atoms with E-state index in [-0.39, 0.29) is 5.41 Å². The predicted molar refractivity (Wildman–Crippen MR) is 57.5 cm³/mol. The minimum absolute atomic E-state index is 0.0290. The normalized spacial score (nSPS) is 34.8. The van der Waals surface area contributed by atoms with Crippen molar-refractivity contribution in [2.75, 3.05) is 4.43 Å². The van der Waals surface area contributed by atoms with E-state index in [0.29, 0.717) is 5.78 Å². The number of hydrogen-bond donors (Lipinski definition) is 0. The van der Waals surface area contributed by atoms with Crippen molar-refractivity contribution in [3.05, 3.63) is 11.6 Å². The van der Waals surface area contributed by atoms with Crippen molar-refractivity contribution >= 4 is 28.4 Å². The zero-order chi connectivity index (χ0) is 8.60. The summed E-state index contributed by atoms with van der Waals surface area (Å²) < 4.78 is 1.05. The molecule has 12 heavy (non-hydrogen) atoms. The van der Waals surface area contributed by atoms with Crippen LogP contribution in [0.25, 0.3) is 0 Å². The third kappa shape index (κ3) is 1.07. The molecule has 1 atom stereocenters. The molecule has 66 valence electrons. The second-order valence-corrected chi connectivity index (χ2v) is 4.52. The van der Waals surface area contributed by atoms with Gasteiger partial charge in [-0.2, -0.15) is 0 Å². The van der Waals surface area contributed by atoms with Crippen molar-refractivity contribution in [1.29, 1.82) is 0 Å². The van der Waals surface area contributed by atoms with E-state index in [1.807, 2.05) is 0 Å². The lowest BCUT2D eigenvalue weighted by atomic mass is 9.79. The molecule has 1 unspecified atom stereocenters. The van der Waals surface area contributed by atoms with E-state index in [9.17, 15) is 4.79 Å². The lowest BCUT2D eigenvalue weighted by Gasteiger charge is -2.24. The Hall–Kier alpha value is 0.140. The summed E-state index contributed by atoms with van der Waals surface area (Å²) in [5, 5.41) is 0. The number of hydrogen-bond acceptors (Lipinski definition) is 1. The second-order valence-electron chi connectivity index (χ2n) is 3.76. The van der Waals surface area contributed by atoms with E-state index in [1.165, 1.54) is 5.57 Å². The maximum atomic E-state index is 11.7. The topological polar surface area (TPSA) is 17.1 Å². The van der Waals surface area contributed by atoms with E-state index in [1.54, 1.807) is 0 Å². The van der Waals surface area contributed by atoms with Crippen LogP contribution in [0, 0.1) is 5.41 Å². The van der Waals surface area contributed by atoms with Crippen LogP contribution >= 0.6 is 22.6 Å². The van der Waals surface area contributed by atoms with Crippen LogP contribution in [0.5, 0.6) is 0 Å². The van der Waals surface area contributed by atoms with Gasteiger partial charge >= 0.3 is 0 Å². The molecule has 2 aliphatic carbocycles. The van der Waals surface area contributed by atoms with Gasteiger partial charge in [0, 0.05) is 10.8 Å². The zero-order valence-corrected chi connectivity index (χ0v) is 9.26. The molecule has 0 heterocycles. The summed E-state index contributed by atoms with van der Waals surface area (Å²) in [5.41, 5.74) is 1.45. The highest BCUT2D eigenvalue weighted by atomic mass is 127. The molecule has 2 rings (SSSR count). The van der Waals surface area contributed by atoms with Crippen molar-refractivity contribution in [3.8, 4) is 0 Å². The molecule has 0 bridgehead atoms. The van der Waals surface area contributed by atoms with Crippen molar-refractivity contribution in [3.63, 3.8) is 0 Å². The number of carbonyl (C=O) groups is 1. The van der Waals surface area contributed by atoms with E-state index < -0.39 is 0 Å². The first-order valence-electron chi connectivity index (χ1n) is 4.58. The summed E-state index contributed by atoms with van der Waals surface area (Å²) in [5.74, 6) is 0.517. The molecule has 0 amide bonds. The third-order valence-electron chi connectivity index (χ3n) is 3.26. The Morgan fingerprint density at radius 2 is 2.33 bits per heavy atom. The minimum Gasteiger partial charge on any atom is -0.299 e. The minimum atomic E-state index is 0.0290. The SMILES string of the molecule is O=C1CCCC12CCC=C2CI. The van der Waals surface area contributed by atoms with Gasteiger partial charge in [0.2, 0.25) is 0 Å². The molecule has 1 saturated carbocycles. The summed E-state index contributed by atoms with van der Waals surface area (Å²) in [6.45, 7) is 0. The average molecular weight is 276 g/mol. The summed E-state index contributed by atoms with van der Waals surface area (Å²) >= 11 is 2.38. The fourth-order valence-electron chi connectivity index (χ4n) is 2.56. The molecule has 0 saturated heterocycles. The third-order valence-corrected chi connectivity index (χ3v) is 4.08. The highest BCUT2D eigenvalue weighted by Crippen LogP contribution is 2.49. The van der Waals surface area contributed by atoms with Gasteiger partial charge in [-0.05, 0) is 25.7 Å². The predicted octanol–water partition coefficient (Wildman–Crippen LogP) is 2.88. The number of ketones is 1. The standard InChI is InChI=1S/C10H13IO/c11-7-8-3-1-5-10(8)6-2-4-9(10)12/h3H,1-2,4-7H2. The van der Waals surface area contributed by atoms with Gasteiger partial charge < -0.3 is 0 Å². The molecule has 0 aliphatic heterocycles. The lowest BCUT2D eigenvalue weighted by Crippen LogP contribution is -2.25. The van der Waals surface area contributed by atoms with Crippen molar-refractivity contribution < 1.29 is 4.79 Å². The molecule has 0 aromatic heterocycles. The Labute approximate surface area is 86.7 Å². The smallest absolute Gasteiger partial charge is 0.143 e. The molecule has 1 nitrogen and oxygen atoms in total. The first-order chi connectivity index (χ1) is 5.79. The molecule has 0 radical (unpaired) electrons. The maximum absolute atomic E-state index is 11.7. The highest BCUT2D eigenvalue weighted by Gasteiger charge is 2.45.